The number of ether oxygens (including phenoxy) is 2. The molecular formula is C31H33NO4. The Balaban J connectivity index is 1.66. The van der Waals surface area contributed by atoms with E-state index in [1.54, 1.807) is 6.08 Å². The summed E-state index contributed by atoms with van der Waals surface area (Å²) in [7, 11) is 0. The maximum absolute atomic E-state index is 13.5. The highest BCUT2D eigenvalue weighted by Crippen LogP contribution is 2.50. The third kappa shape index (κ3) is 4.50. The summed E-state index contributed by atoms with van der Waals surface area (Å²) in [5.41, 5.74) is 5.82. The molecule has 186 valence electrons. The summed E-state index contributed by atoms with van der Waals surface area (Å²) in [4.78, 5) is 29.3. The molecule has 0 saturated carbocycles. The van der Waals surface area contributed by atoms with Crippen LogP contribution in [0.1, 0.15) is 62.5 Å². The van der Waals surface area contributed by atoms with E-state index in [1.807, 2.05) is 43.3 Å². The summed E-state index contributed by atoms with van der Waals surface area (Å²) in [6.45, 7) is 7.20. The number of benzene rings is 2. The average Bonchev–Trinajstić information content (AvgIpc) is 2.89. The lowest BCUT2D eigenvalue weighted by Gasteiger charge is -2.44. The molecule has 0 spiro atoms. The van der Waals surface area contributed by atoms with Crippen LogP contribution in [0.3, 0.4) is 0 Å². The fourth-order valence-corrected chi connectivity index (χ4v) is 5.75. The number of carbonyl (C=O) groups is 2. The van der Waals surface area contributed by atoms with Gasteiger partial charge >= 0.3 is 0 Å². The predicted molar refractivity (Wildman–Crippen MR) is 140 cm³/mol. The molecule has 0 aromatic heterocycles. The Morgan fingerprint density at radius 1 is 0.889 bits per heavy atom. The van der Waals surface area contributed by atoms with Crippen LogP contribution in [0, 0.1) is 0 Å². The first-order valence-corrected chi connectivity index (χ1v) is 13.0. The minimum atomic E-state index is -0.365. The molecule has 5 heteroatoms. The fourth-order valence-electron chi connectivity index (χ4n) is 5.75. The molecule has 0 amide bonds. The Bertz CT molecular complexity index is 1200. The van der Waals surface area contributed by atoms with Gasteiger partial charge in [-0.25, -0.2) is 0 Å². The highest BCUT2D eigenvalue weighted by molar-refractivity contribution is 6.06. The van der Waals surface area contributed by atoms with Crippen molar-refractivity contribution in [3.63, 3.8) is 0 Å². The van der Waals surface area contributed by atoms with Crippen LogP contribution in [0.2, 0.25) is 0 Å². The van der Waals surface area contributed by atoms with Crippen molar-refractivity contribution in [3.8, 4) is 11.5 Å². The first-order valence-electron chi connectivity index (χ1n) is 13.0. The van der Waals surface area contributed by atoms with Gasteiger partial charge in [0.1, 0.15) is 6.61 Å². The number of carbonyl (C=O) groups excluding carboxylic acids is 2. The molecule has 0 fully saturated rings. The lowest BCUT2D eigenvalue weighted by atomic mass is 9.71. The van der Waals surface area contributed by atoms with Crippen LogP contribution < -0.4 is 9.47 Å². The third-order valence-corrected chi connectivity index (χ3v) is 7.23. The minimum absolute atomic E-state index is 0.147. The summed E-state index contributed by atoms with van der Waals surface area (Å²) in [6.07, 6.45) is 6.09. The molecule has 0 atom stereocenters. The Kier molecular flexibility index (Phi) is 7.08. The van der Waals surface area contributed by atoms with Crippen LogP contribution in [0.25, 0.3) is 0 Å². The summed E-state index contributed by atoms with van der Waals surface area (Å²) in [5.74, 6) is 1.19. The second-order valence-electron chi connectivity index (χ2n) is 9.52. The van der Waals surface area contributed by atoms with Crippen LogP contribution in [0.15, 0.2) is 83.7 Å². The molecule has 3 aliphatic rings. The zero-order valence-electron chi connectivity index (χ0n) is 20.9. The molecule has 5 rings (SSSR count). The maximum Gasteiger partial charge on any atom is 0.161 e. The molecule has 0 N–H and O–H groups in total. The Morgan fingerprint density at radius 3 is 2.17 bits per heavy atom. The quantitative estimate of drug-likeness (QED) is 0.415. The van der Waals surface area contributed by atoms with Crippen molar-refractivity contribution >= 4 is 11.6 Å². The highest BCUT2D eigenvalue weighted by Gasteiger charge is 2.43. The summed E-state index contributed by atoms with van der Waals surface area (Å²) in [5, 5.41) is 0. The summed E-state index contributed by atoms with van der Waals surface area (Å²) >= 11 is 0. The minimum Gasteiger partial charge on any atom is -0.490 e. The number of hydrogen-bond acceptors (Lipinski definition) is 5. The average molecular weight is 484 g/mol. The molecular weight excluding hydrogens is 450 g/mol. The van der Waals surface area contributed by atoms with Crippen molar-refractivity contribution in [2.45, 2.75) is 57.9 Å². The maximum atomic E-state index is 13.5. The van der Waals surface area contributed by atoms with Crippen LogP contribution in [0.5, 0.6) is 11.5 Å². The summed E-state index contributed by atoms with van der Waals surface area (Å²) in [6, 6.07) is 16.1. The molecule has 1 aliphatic heterocycles. The Labute approximate surface area is 213 Å². The number of allylic oxidation sites excluding steroid dienone is 4. The largest absolute Gasteiger partial charge is 0.490 e. The molecule has 2 aromatic rings. The van der Waals surface area contributed by atoms with E-state index in [0.29, 0.717) is 44.1 Å². The van der Waals surface area contributed by atoms with Crippen molar-refractivity contribution < 1.29 is 19.1 Å². The van der Waals surface area contributed by atoms with E-state index in [9.17, 15) is 9.59 Å². The van der Waals surface area contributed by atoms with Gasteiger partial charge in [-0.1, -0.05) is 49.1 Å². The number of hydrogen-bond donors (Lipinski definition) is 0. The number of nitrogens with zero attached hydrogens (tertiary/aromatic N) is 1. The van der Waals surface area contributed by atoms with Crippen LogP contribution >= 0.6 is 0 Å². The first kappa shape index (κ1) is 24.1. The molecule has 5 nitrogen and oxygen atoms in total. The molecule has 0 unspecified atom stereocenters. The van der Waals surface area contributed by atoms with Gasteiger partial charge in [-0.3, -0.25) is 9.59 Å². The molecule has 0 saturated heterocycles. The van der Waals surface area contributed by atoms with E-state index in [-0.39, 0.29) is 17.5 Å². The smallest absolute Gasteiger partial charge is 0.161 e. The molecule has 0 radical (unpaired) electrons. The van der Waals surface area contributed by atoms with E-state index in [0.717, 1.165) is 53.8 Å². The lowest BCUT2D eigenvalue weighted by Crippen LogP contribution is -2.38. The lowest BCUT2D eigenvalue weighted by molar-refractivity contribution is -0.117. The van der Waals surface area contributed by atoms with Crippen molar-refractivity contribution in [3.05, 3.63) is 94.9 Å². The zero-order chi connectivity index (χ0) is 25.1. The standard InChI is InChI=1S/C31H33NO4/c1-3-18-36-27-17-16-22(19-28(27)35-4-2)29-30-23(12-8-14-25(30)33)32(20-21-10-6-5-7-11-21)24-13-9-15-26(34)31(24)29/h3,5-7,10-11,16-17,19,29H,1,4,8-9,12-15,18,20H2,2H3. The van der Waals surface area contributed by atoms with Crippen LogP contribution in [-0.4, -0.2) is 29.7 Å². The molecule has 2 aromatic carbocycles. The Morgan fingerprint density at radius 2 is 1.56 bits per heavy atom. The van der Waals surface area contributed by atoms with Crippen molar-refractivity contribution in [2.75, 3.05) is 13.2 Å². The second kappa shape index (κ2) is 10.6. The Hall–Kier alpha value is -3.60. The van der Waals surface area contributed by atoms with Gasteiger partial charge in [0.15, 0.2) is 23.1 Å². The van der Waals surface area contributed by atoms with Gasteiger partial charge in [-0.05, 0) is 55.9 Å². The van der Waals surface area contributed by atoms with Gasteiger partial charge in [-0.2, -0.15) is 0 Å². The van der Waals surface area contributed by atoms with Crippen molar-refractivity contribution in [1.29, 1.82) is 0 Å². The zero-order valence-corrected chi connectivity index (χ0v) is 20.9. The second-order valence-corrected chi connectivity index (χ2v) is 9.52. The molecule has 2 aliphatic carbocycles. The number of Topliss-reactive ketones (excluding diaryl/α,β-unsaturated/α-hetero) is 2. The van der Waals surface area contributed by atoms with Gasteiger partial charge in [0.2, 0.25) is 0 Å². The van der Waals surface area contributed by atoms with E-state index >= 15 is 0 Å². The monoisotopic (exact) mass is 483 g/mol. The molecule has 1 heterocycles. The molecule has 36 heavy (non-hydrogen) atoms. The number of ketones is 2. The van der Waals surface area contributed by atoms with Crippen LogP contribution in [0.4, 0.5) is 0 Å². The van der Waals surface area contributed by atoms with Crippen molar-refractivity contribution in [2.24, 2.45) is 0 Å². The summed E-state index contributed by atoms with van der Waals surface area (Å²) < 4.78 is 11.7. The normalized spacial score (nSPS) is 18.2. The first-order chi connectivity index (χ1) is 17.6. The van der Waals surface area contributed by atoms with Crippen molar-refractivity contribution in [1.82, 2.24) is 4.90 Å². The van der Waals surface area contributed by atoms with Gasteiger partial charge in [-0.15, -0.1) is 0 Å². The SMILES string of the molecule is C=CCOc1ccc(C2C3=C(CCCC3=O)N(Cc3ccccc3)C3=C2C(=O)CCC3)cc1OCC. The fraction of sp³-hybridized carbons (Fsp3) is 0.355. The van der Waals surface area contributed by atoms with E-state index in [2.05, 4.69) is 23.6 Å². The van der Waals surface area contributed by atoms with Gasteiger partial charge in [0, 0.05) is 47.8 Å². The van der Waals surface area contributed by atoms with Gasteiger partial charge < -0.3 is 14.4 Å². The predicted octanol–water partition coefficient (Wildman–Crippen LogP) is 6.26. The van der Waals surface area contributed by atoms with Crippen LogP contribution in [-0.2, 0) is 16.1 Å². The van der Waals surface area contributed by atoms with E-state index in [4.69, 9.17) is 9.47 Å². The van der Waals surface area contributed by atoms with E-state index < -0.39 is 0 Å². The topological polar surface area (TPSA) is 55.8 Å². The molecule has 0 bridgehead atoms. The number of rotatable bonds is 8. The highest BCUT2D eigenvalue weighted by atomic mass is 16.5. The van der Waals surface area contributed by atoms with E-state index in [1.165, 1.54) is 5.56 Å². The van der Waals surface area contributed by atoms with Gasteiger partial charge in [0.05, 0.1) is 6.61 Å². The van der Waals surface area contributed by atoms with Gasteiger partial charge in [0.25, 0.3) is 0 Å². The third-order valence-electron chi connectivity index (χ3n) is 7.23.